The monoisotopic (exact) mass is 194 g/mol. The summed E-state index contributed by atoms with van der Waals surface area (Å²) in [6.45, 7) is 4.03. The van der Waals surface area contributed by atoms with Crippen molar-refractivity contribution < 1.29 is 9.59 Å². The van der Waals surface area contributed by atoms with Crippen LogP contribution in [0.2, 0.25) is 0 Å². The van der Waals surface area contributed by atoms with Gasteiger partial charge < -0.3 is 10.2 Å². The third kappa shape index (κ3) is 2.05. The fourth-order valence-electron chi connectivity index (χ4n) is 1.46. The van der Waals surface area contributed by atoms with E-state index in [0.29, 0.717) is 13.0 Å². The number of amides is 2. The first kappa shape index (κ1) is 10.6. The van der Waals surface area contributed by atoms with Crippen LogP contribution in [-0.4, -0.2) is 35.3 Å². The summed E-state index contributed by atoms with van der Waals surface area (Å²) in [4.78, 5) is 24.6. The van der Waals surface area contributed by atoms with Crippen molar-refractivity contribution in [1.29, 1.82) is 0 Å². The fraction of sp³-hybridized carbons (Fsp3) is 0.600. The molecule has 4 heteroatoms. The van der Waals surface area contributed by atoms with Gasteiger partial charge in [-0.3, -0.25) is 9.59 Å². The quantitative estimate of drug-likeness (QED) is 0.585. The van der Waals surface area contributed by atoms with Gasteiger partial charge in [0, 0.05) is 13.0 Å². The minimum absolute atomic E-state index is 0.108. The lowest BCUT2D eigenvalue weighted by atomic mass is 10.0. The molecule has 0 spiro atoms. The lowest BCUT2D eigenvalue weighted by Gasteiger charge is -2.27. The Kier molecular flexibility index (Phi) is 2.80. The summed E-state index contributed by atoms with van der Waals surface area (Å²) < 4.78 is 0. The molecule has 2 amide bonds. The smallest absolute Gasteiger partial charge is 0.248 e. The Morgan fingerprint density at radius 2 is 2.21 bits per heavy atom. The Bertz CT molecular complexity index is 302. The van der Waals surface area contributed by atoms with Crippen LogP contribution in [0.4, 0.5) is 0 Å². The van der Waals surface area contributed by atoms with Crippen molar-refractivity contribution in [3.8, 4) is 12.3 Å². The first-order chi connectivity index (χ1) is 6.47. The lowest BCUT2D eigenvalue weighted by Crippen LogP contribution is -2.52. The number of nitrogens with one attached hydrogen (secondary N) is 1. The van der Waals surface area contributed by atoms with Gasteiger partial charge in [0.05, 0.1) is 6.54 Å². The molecule has 1 saturated heterocycles. The molecule has 0 radical (unpaired) electrons. The summed E-state index contributed by atoms with van der Waals surface area (Å²) in [7, 11) is 0. The summed E-state index contributed by atoms with van der Waals surface area (Å²) in [5.74, 6) is 2.18. The first-order valence-corrected chi connectivity index (χ1v) is 4.51. The van der Waals surface area contributed by atoms with Gasteiger partial charge in [0.25, 0.3) is 0 Å². The van der Waals surface area contributed by atoms with E-state index in [0.717, 1.165) is 0 Å². The molecule has 1 fully saturated rings. The molecule has 1 rings (SSSR count). The van der Waals surface area contributed by atoms with Crippen molar-refractivity contribution in [2.75, 3.05) is 13.1 Å². The number of carbonyl (C=O) groups excluding carboxylic acids is 2. The zero-order valence-corrected chi connectivity index (χ0v) is 8.46. The van der Waals surface area contributed by atoms with Crippen LogP contribution in [0.25, 0.3) is 0 Å². The third-order valence-electron chi connectivity index (χ3n) is 2.16. The van der Waals surface area contributed by atoms with Crippen LogP contribution in [0.5, 0.6) is 0 Å². The van der Waals surface area contributed by atoms with Crippen LogP contribution >= 0.6 is 0 Å². The predicted octanol–water partition coefficient (Wildman–Crippen LogP) is -0.253. The Hall–Kier alpha value is -1.50. The maximum atomic E-state index is 11.8. The molecule has 0 aliphatic carbocycles. The minimum atomic E-state index is -0.843. The second-order valence-corrected chi connectivity index (χ2v) is 3.85. The highest BCUT2D eigenvalue weighted by Crippen LogP contribution is 2.12. The summed E-state index contributed by atoms with van der Waals surface area (Å²) in [5.41, 5.74) is -0.843. The number of hydrogen-bond acceptors (Lipinski definition) is 2. The number of rotatable bonds is 1. The van der Waals surface area contributed by atoms with E-state index in [1.165, 1.54) is 4.90 Å². The molecule has 0 unspecified atom stereocenters. The normalized spacial score (nSPS) is 21.1. The summed E-state index contributed by atoms with van der Waals surface area (Å²) in [5, 5.41) is 2.66. The maximum Gasteiger partial charge on any atom is 0.248 e. The molecule has 0 bridgehead atoms. The van der Waals surface area contributed by atoms with Gasteiger partial charge in [-0.2, -0.15) is 0 Å². The molecular weight excluding hydrogens is 180 g/mol. The van der Waals surface area contributed by atoms with Crippen LogP contribution < -0.4 is 5.32 Å². The van der Waals surface area contributed by atoms with E-state index in [2.05, 4.69) is 11.2 Å². The first-order valence-electron chi connectivity index (χ1n) is 4.51. The van der Waals surface area contributed by atoms with Crippen molar-refractivity contribution in [2.45, 2.75) is 25.8 Å². The second kappa shape index (κ2) is 3.70. The number of hydrogen-bond donors (Lipinski definition) is 1. The molecule has 14 heavy (non-hydrogen) atoms. The van der Waals surface area contributed by atoms with Crippen LogP contribution in [0.1, 0.15) is 20.3 Å². The van der Waals surface area contributed by atoms with Crippen LogP contribution in [-0.2, 0) is 9.59 Å². The van der Waals surface area contributed by atoms with Crippen LogP contribution in [0, 0.1) is 12.3 Å². The van der Waals surface area contributed by atoms with Gasteiger partial charge in [0.2, 0.25) is 11.8 Å². The van der Waals surface area contributed by atoms with Gasteiger partial charge in [-0.05, 0) is 13.8 Å². The number of nitrogens with zero attached hydrogens (tertiary/aromatic N) is 1. The van der Waals surface area contributed by atoms with Gasteiger partial charge in [0.15, 0.2) is 0 Å². The Balaban J connectivity index is 2.87. The standard InChI is InChI=1S/C10H14N2O2/c1-4-6-12-7-5-8(13)11-10(2,3)9(12)14/h1H,5-7H2,2-3H3,(H,11,13). The van der Waals surface area contributed by atoms with E-state index < -0.39 is 5.54 Å². The highest BCUT2D eigenvalue weighted by atomic mass is 16.2. The lowest BCUT2D eigenvalue weighted by molar-refractivity contribution is -0.136. The Morgan fingerprint density at radius 3 is 2.79 bits per heavy atom. The molecule has 4 nitrogen and oxygen atoms in total. The van der Waals surface area contributed by atoms with Crippen LogP contribution in [0.3, 0.4) is 0 Å². The second-order valence-electron chi connectivity index (χ2n) is 3.85. The molecule has 0 atom stereocenters. The average molecular weight is 194 g/mol. The maximum absolute atomic E-state index is 11.8. The summed E-state index contributed by atoms with van der Waals surface area (Å²) in [6.07, 6.45) is 5.46. The van der Waals surface area contributed by atoms with Crippen molar-refractivity contribution in [3.63, 3.8) is 0 Å². The molecule has 0 aromatic rings. The van der Waals surface area contributed by atoms with Gasteiger partial charge in [-0.1, -0.05) is 5.92 Å². The molecular formula is C10H14N2O2. The van der Waals surface area contributed by atoms with Crippen molar-refractivity contribution in [2.24, 2.45) is 0 Å². The summed E-state index contributed by atoms with van der Waals surface area (Å²) in [6, 6.07) is 0. The zero-order chi connectivity index (χ0) is 10.8. The van der Waals surface area contributed by atoms with E-state index in [1.54, 1.807) is 13.8 Å². The van der Waals surface area contributed by atoms with Gasteiger partial charge >= 0.3 is 0 Å². The average Bonchev–Trinajstić information content (AvgIpc) is 2.17. The SMILES string of the molecule is C#CCN1CCC(=O)NC(C)(C)C1=O. The highest BCUT2D eigenvalue weighted by Gasteiger charge is 2.35. The van der Waals surface area contributed by atoms with Gasteiger partial charge in [0.1, 0.15) is 5.54 Å². The Morgan fingerprint density at radius 1 is 1.57 bits per heavy atom. The molecule has 76 valence electrons. The van der Waals surface area contributed by atoms with Crippen molar-refractivity contribution >= 4 is 11.8 Å². The molecule has 1 heterocycles. The van der Waals surface area contributed by atoms with E-state index in [9.17, 15) is 9.59 Å². The zero-order valence-electron chi connectivity index (χ0n) is 8.46. The van der Waals surface area contributed by atoms with E-state index in [4.69, 9.17) is 6.42 Å². The fourth-order valence-corrected chi connectivity index (χ4v) is 1.46. The third-order valence-corrected chi connectivity index (χ3v) is 2.16. The van der Waals surface area contributed by atoms with E-state index >= 15 is 0 Å². The number of carbonyl (C=O) groups is 2. The van der Waals surface area contributed by atoms with E-state index in [-0.39, 0.29) is 18.4 Å². The van der Waals surface area contributed by atoms with Crippen molar-refractivity contribution in [3.05, 3.63) is 0 Å². The molecule has 0 saturated carbocycles. The van der Waals surface area contributed by atoms with Gasteiger partial charge in [-0.15, -0.1) is 6.42 Å². The van der Waals surface area contributed by atoms with E-state index in [1.807, 2.05) is 0 Å². The topological polar surface area (TPSA) is 49.4 Å². The summed E-state index contributed by atoms with van der Waals surface area (Å²) >= 11 is 0. The van der Waals surface area contributed by atoms with Gasteiger partial charge in [-0.25, -0.2) is 0 Å². The predicted molar refractivity (Wildman–Crippen MR) is 52.3 cm³/mol. The molecule has 0 aromatic carbocycles. The van der Waals surface area contributed by atoms with Crippen molar-refractivity contribution in [1.82, 2.24) is 10.2 Å². The Labute approximate surface area is 83.6 Å². The molecule has 1 N–H and O–H groups in total. The molecule has 1 aliphatic rings. The molecule has 0 aromatic heterocycles. The largest absolute Gasteiger partial charge is 0.342 e. The molecule has 1 aliphatic heterocycles. The highest BCUT2D eigenvalue weighted by molar-refractivity contribution is 5.92. The van der Waals surface area contributed by atoms with Crippen LogP contribution in [0.15, 0.2) is 0 Å². The number of terminal acetylenes is 1. The minimum Gasteiger partial charge on any atom is -0.342 e.